The topological polar surface area (TPSA) is 130 Å². The van der Waals surface area contributed by atoms with Gasteiger partial charge in [-0.3, -0.25) is 9.59 Å². The number of rotatable bonds is 5. The van der Waals surface area contributed by atoms with E-state index >= 15 is 0 Å². The lowest BCUT2D eigenvalue weighted by molar-refractivity contribution is 0.102. The van der Waals surface area contributed by atoms with Gasteiger partial charge in [0.1, 0.15) is 25.3 Å². The molecule has 0 atom stereocenters. The van der Waals surface area contributed by atoms with Crippen molar-refractivity contribution in [3.8, 4) is 0 Å². The fraction of sp³-hybridized carbons (Fsp3) is 0. The molecule has 1 aromatic heterocycles. The number of carbonyl (C=O) groups excluding carboxylic acids is 2. The number of nitrogens with one attached hydrogen (secondary N) is 2. The van der Waals surface area contributed by atoms with Gasteiger partial charge in [-0.1, -0.05) is 22.8 Å². The van der Waals surface area contributed by atoms with Gasteiger partial charge >= 0.3 is 0 Å². The number of amides is 2. The SMILES string of the molecule is [B]c1ccc(NC(=O)c2cc(F)ccc2NC(=O)c2ccc(/C(N)=N\O)cc2F)nc1. The summed E-state index contributed by atoms with van der Waals surface area (Å²) in [7, 11) is 5.54. The van der Waals surface area contributed by atoms with Crippen molar-refractivity contribution >= 4 is 42.5 Å². The van der Waals surface area contributed by atoms with E-state index in [1.165, 1.54) is 30.5 Å². The molecule has 3 rings (SSSR count). The first-order valence-corrected chi connectivity index (χ1v) is 8.69. The van der Waals surface area contributed by atoms with Crippen molar-refractivity contribution in [1.29, 1.82) is 0 Å². The number of benzene rings is 2. The number of anilines is 2. The first kappa shape index (κ1) is 21.4. The highest BCUT2D eigenvalue weighted by Crippen LogP contribution is 2.20. The number of aromatic nitrogens is 1. The lowest BCUT2D eigenvalue weighted by Gasteiger charge is -2.12. The standard InChI is InChI=1S/C20H14BF2N5O3/c21-11-2-6-17(25-9-11)27-20(30)14-8-12(22)3-5-16(14)26-19(29)13-4-1-10(7-15(13)23)18(24)28-31/h1-9,31H,(H2,24,28)(H,26,29)(H,25,27,30). The van der Waals surface area contributed by atoms with Crippen LogP contribution in [0.15, 0.2) is 59.9 Å². The zero-order chi connectivity index (χ0) is 22.5. The first-order valence-electron chi connectivity index (χ1n) is 8.69. The molecule has 0 saturated carbocycles. The molecule has 11 heteroatoms. The van der Waals surface area contributed by atoms with Gasteiger partial charge in [0.05, 0.1) is 16.8 Å². The van der Waals surface area contributed by atoms with Gasteiger partial charge in [-0.05, 0) is 36.4 Å². The van der Waals surface area contributed by atoms with Gasteiger partial charge in [0, 0.05) is 11.8 Å². The molecule has 2 radical (unpaired) electrons. The van der Waals surface area contributed by atoms with Crippen LogP contribution in [0.4, 0.5) is 20.3 Å². The fourth-order valence-corrected chi connectivity index (χ4v) is 2.58. The summed E-state index contributed by atoms with van der Waals surface area (Å²) in [6.07, 6.45) is 1.32. The van der Waals surface area contributed by atoms with Crippen LogP contribution in [0.5, 0.6) is 0 Å². The van der Waals surface area contributed by atoms with Crippen molar-refractivity contribution in [3.63, 3.8) is 0 Å². The van der Waals surface area contributed by atoms with Crippen molar-refractivity contribution in [1.82, 2.24) is 4.98 Å². The Kier molecular flexibility index (Phi) is 6.25. The molecule has 2 amide bonds. The lowest BCUT2D eigenvalue weighted by atomic mass is 9.99. The average Bonchev–Trinajstić information content (AvgIpc) is 2.75. The van der Waals surface area contributed by atoms with Crippen LogP contribution in [0.25, 0.3) is 0 Å². The Morgan fingerprint density at radius 3 is 2.39 bits per heavy atom. The highest BCUT2D eigenvalue weighted by molar-refractivity contribution is 6.32. The number of pyridine rings is 1. The first-order chi connectivity index (χ1) is 14.8. The number of nitrogens with zero attached hydrogens (tertiary/aromatic N) is 2. The third-order valence-corrected chi connectivity index (χ3v) is 4.12. The number of halogens is 2. The molecular weight excluding hydrogens is 407 g/mol. The number of carbonyl (C=O) groups is 2. The Morgan fingerprint density at radius 2 is 1.74 bits per heavy atom. The van der Waals surface area contributed by atoms with Crippen molar-refractivity contribution < 1.29 is 23.6 Å². The molecular formula is C20H14BF2N5O3. The summed E-state index contributed by atoms with van der Waals surface area (Å²) in [5, 5.41) is 16.2. The number of hydrogen-bond acceptors (Lipinski definition) is 5. The molecule has 5 N–H and O–H groups in total. The molecule has 31 heavy (non-hydrogen) atoms. The molecule has 0 fully saturated rings. The van der Waals surface area contributed by atoms with Crippen LogP contribution >= 0.6 is 0 Å². The predicted octanol–water partition coefficient (Wildman–Crippen LogP) is 1.75. The van der Waals surface area contributed by atoms with E-state index in [1.54, 1.807) is 0 Å². The second kappa shape index (κ2) is 9.03. The van der Waals surface area contributed by atoms with E-state index in [0.717, 1.165) is 24.3 Å². The Balaban J connectivity index is 1.86. The molecule has 1 heterocycles. The highest BCUT2D eigenvalue weighted by Gasteiger charge is 2.19. The summed E-state index contributed by atoms with van der Waals surface area (Å²) < 4.78 is 28.1. The van der Waals surface area contributed by atoms with Crippen molar-refractivity contribution in [2.45, 2.75) is 0 Å². The van der Waals surface area contributed by atoms with E-state index in [0.29, 0.717) is 5.46 Å². The highest BCUT2D eigenvalue weighted by atomic mass is 19.1. The average molecular weight is 421 g/mol. The Hall–Kier alpha value is -4.28. The van der Waals surface area contributed by atoms with Crippen LogP contribution in [-0.2, 0) is 0 Å². The smallest absolute Gasteiger partial charge is 0.259 e. The molecule has 3 aromatic rings. The quantitative estimate of drug-likeness (QED) is 0.164. The summed E-state index contributed by atoms with van der Waals surface area (Å²) in [6.45, 7) is 0. The van der Waals surface area contributed by atoms with E-state index in [1.807, 2.05) is 0 Å². The predicted molar refractivity (Wildman–Crippen MR) is 111 cm³/mol. The van der Waals surface area contributed by atoms with Gasteiger partial charge in [0.2, 0.25) is 0 Å². The lowest BCUT2D eigenvalue weighted by Crippen LogP contribution is -2.20. The van der Waals surface area contributed by atoms with Gasteiger partial charge in [-0.25, -0.2) is 13.8 Å². The minimum Gasteiger partial charge on any atom is -0.409 e. The summed E-state index contributed by atoms with van der Waals surface area (Å²) in [5.74, 6) is -3.49. The van der Waals surface area contributed by atoms with Crippen LogP contribution in [0.1, 0.15) is 26.3 Å². The third kappa shape index (κ3) is 5.02. The minimum absolute atomic E-state index is 0.0562. The van der Waals surface area contributed by atoms with E-state index in [9.17, 15) is 18.4 Å². The normalized spacial score (nSPS) is 11.1. The van der Waals surface area contributed by atoms with Crippen molar-refractivity contribution in [3.05, 3.63) is 83.1 Å². The van der Waals surface area contributed by atoms with Gasteiger partial charge < -0.3 is 21.6 Å². The van der Waals surface area contributed by atoms with E-state index < -0.39 is 23.4 Å². The summed E-state index contributed by atoms with van der Waals surface area (Å²) in [4.78, 5) is 29.0. The number of amidine groups is 1. The van der Waals surface area contributed by atoms with Gasteiger partial charge in [-0.15, -0.1) is 0 Å². The molecule has 0 saturated heterocycles. The summed E-state index contributed by atoms with van der Waals surface area (Å²) in [5.41, 5.74) is 5.21. The number of hydrogen-bond donors (Lipinski definition) is 4. The largest absolute Gasteiger partial charge is 0.409 e. The second-order valence-electron chi connectivity index (χ2n) is 6.25. The Morgan fingerprint density at radius 1 is 1.00 bits per heavy atom. The fourth-order valence-electron chi connectivity index (χ4n) is 2.58. The Labute approximate surface area is 176 Å². The van der Waals surface area contributed by atoms with Gasteiger partial charge in [-0.2, -0.15) is 0 Å². The zero-order valence-electron chi connectivity index (χ0n) is 15.8. The maximum Gasteiger partial charge on any atom is 0.259 e. The molecule has 0 aliphatic rings. The van der Waals surface area contributed by atoms with Crippen LogP contribution < -0.4 is 21.8 Å². The molecule has 0 aliphatic heterocycles. The molecule has 2 aromatic carbocycles. The van der Waals surface area contributed by atoms with Crippen LogP contribution in [0, 0.1) is 11.6 Å². The molecule has 0 unspecified atom stereocenters. The maximum absolute atomic E-state index is 14.3. The number of nitrogens with two attached hydrogens (primary N) is 1. The molecule has 0 aliphatic carbocycles. The van der Waals surface area contributed by atoms with Gasteiger partial charge in [0.15, 0.2) is 5.84 Å². The van der Waals surface area contributed by atoms with Crippen molar-refractivity contribution in [2.24, 2.45) is 10.9 Å². The monoisotopic (exact) mass is 421 g/mol. The molecule has 154 valence electrons. The third-order valence-electron chi connectivity index (χ3n) is 4.12. The number of oxime groups is 1. The van der Waals surface area contributed by atoms with E-state index in [2.05, 4.69) is 20.8 Å². The second-order valence-corrected chi connectivity index (χ2v) is 6.25. The zero-order valence-corrected chi connectivity index (χ0v) is 15.8. The van der Waals surface area contributed by atoms with Crippen LogP contribution in [0.2, 0.25) is 0 Å². The van der Waals surface area contributed by atoms with Gasteiger partial charge in [0.25, 0.3) is 11.8 Å². The Bertz CT molecular complexity index is 1190. The van der Waals surface area contributed by atoms with Crippen LogP contribution in [0.3, 0.4) is 0 Å². The van der Waals surface area contributed by atoms with E-state index in [4.69, 9.17) is 18.8 Å². The molecule has 0 bridgehead atoms. The molecule has 8 nitrogen and oxygen atoms in total. The van der Waals surface area contributed by atoms with Crippen LogP contribution in [-0.4, -0.2) is 35.7 Å². The maximum atomic E-state index is 14.3. The van der Waals surface area contributed by atoms with Crippen molar-refractivity contribution in [2.75, 3.05) is 10.6 Å². The molecule has 0 spiro atoms. The summed E-state index contributed by atoms with van der Waals surface area (Å²) >= 11 is 0. The summed E-state index contributed by atoms with van der Waals surface area (Å²) in [6, 6.07) is 9.39. The minimum atomic E-state index is -0.944. The van der Waals surface area contributed by atoms with E-state index in [-0.39, 0.29) is 34.0 Å².